The fourth-order valence-electron chi connectivity index (χ4n) is 2.40. The molecule has 1 saturated heterocycles. The van der Waals surface area contributed by atoms with Crippen molar-refractivity contribution < 1.29 is 14.3 Å². The van der Waals surface area contributed by atoms with Gasteiger partial charge < -0.3 is 4.74 Å². The minimum Gasteiger partial charge on any atom is -0.487 e. The first-order chi connectivity index (χ1) is 12.9. The van der Waals surface area contributed by atoms with Crippen LogP contribution in [0.4, 0.5) is 4.79 Å². The number of carbonyl (C=O) groups excluding carboxylic acids is 2. The summed E-state index contributed by atoms with van der Waals surface area (Å²) < 4.78 is 7.49. The number of nitriles is 1. The normalized spacial score (nSPS) is 15.3. The van der Waals surface area contributed by atoms with Gasteiger partial charge in [-0.05, 0) is 80.1 Å². The second-order valence-electron chi connectivity index (χ2n) is 5.61. The molecular formula is C19H12BrIN2O3S. The van der Waals surface area contributed by atoms with Crippen molar-refractivity contribution >= 4 is 67.5 Å². The maximum absolute atomic E-state index is 12.0. The van der Waals surface area contributed by atoms with Gasteiger partial charge in [0, 0.05) is 12.6 Å². The van der Waals surface area contributed by atoms with Crippen LogP contribution in [0.15, 0.2) is 45.8 Å². The summed E-state index contributed by atoms with van der Waals surface area (Å²) >= 11 is 6.58. The van der Waals surface area contributed by atoms with Crippen LogP contribution >= 0.6 is 50.3 Å². The van der Waals surface area contributed by atoms with Gasteiger partial charge in [-0.25, -0.2) is 0 Å². The Hall–Kier alpha value is -1.83. The molecule has 0 unspecified atom stereocenters. The lowest BCUT2D eigenvalue weighted by Crippen LogP contribution is -2.22. The first-order valence-electron chi connectivity index (χ1n) is 7.72. The molecule has 0 saturated carbocycles. The zero-order chi connectivity index (χ0) is 19.6. The molecule has 1 aliphatic heterocycles. The van der Waals surface area contributed by atoms with Crippen molar-refractivity contribution in [3.63, 3.8) is 0 Å². The highest BCUT2D eigenvalue weighted by molar-refractivity contribution is 14.1. The van der Waals surface area contributed by atoms with E-state index < -0.39 is 0 Å². The van der Waals surface area contributed by atoms with Crippen LogP contribution in [-0.4, -0.2) is 23.1 Å². The van der Waals surface area contributed by atoms with Gasteiger partial charge in [-0.1, -0.05) is 18.2 Å². The van der Waals surface area contributed by atoms with E-state index in [2.05, 4.69) is 44.6 Å². The summed E-state index contributed by atoms with van der Waals surface area (Å²) in [4.78, 5) is 25.1. The summed E-state index contributed by atoms with van der Waals surface area (Å²) in [5.74, 6) is 0.355. The molecule has 1 aliphatic rings. The van der Waals surface area contributed by atoms with E-state index in [1.165, 1.54) is 7.05 Å². The minimum absolute atomic E-state index is 0.270. The highest BCUT2D eigenvalue weighted by atomic mass is 127. The standard InChI is InChI=1S/C19H12BrIN2O3S/c1-23-18(24)16(27-19(23)25)8-11-6-14(20)17(15(21)7-11)26-10-13-5-3-2-4-12(13)9-22/h2-8H,10H2,1H3/b16-8-. The van der Waals surface area contributed by atoms with Crippen LogP contribution in [-0.2, 0) is 11.4 Å². The first kappa shape index (κ1) is 19.9. The topological polar surface area (TPSA) is 70.4 Å². The number of nitrogens with zero attached hydrogens (tertiary/aromatic N) is 2. The number of hydrogen-bond donors (Lipinski definition) is 0. The third kappa shape index (κ3) is 4.36. The summed E-state index contributed by atoms with van der Waals surface area (Å²) in [6, 6.07) is 13.1. The van der Waals surface area contributed by atoms with Crippen LogP contribution in [0.25, 0.3) is 6.08 Å². The lowest BCUT2D eigenvalue weighted by Gasteiger charge is -2.12. The molecule has 8 heteroatoms. The molecule has 2 aromatic carbocycles. The van der Waals surface area contributed by atoms with E-state index in [-0.39, 0.29) is 17.8 Å². The molecule has 0 atom stereocenters. The highest BCUT2D eigenvalue weighted by Crippen LogP contribution is 2.36. The average molecular weight is 555 g/mol. The molecule has 136 valence electrons. The van der Waals surface area contributed by atoms with Gasteiger partial charge in [-0.15, -0.1) is 0 Å². The Balaban J connectivity index is 1.83. The number of imide groups is 1. The number of benzene rings is 2. The molecule has 27 heavy (non-hydrogen) atoms. The number of ether oxygens (including phenoxy) is 1. The van der Waals surface area contributed by atoms with Crippen LogP contribution < -0.4 is 4.74 Å². The van der Waals surface area contributed by atoms with Crippen molar-refractivity contribution in [1.29, 1.82) is 5.26 Å². The molecule has 3 rings (SSSR count). The predicted octanol–water partition coefficient (Wildman–Crippen LogP) is 5.17. The Bertz CT molecular complexity index is 993. The van der Waals surface area contributed by atoms with E-state index >= 15 is 0 Å². The third-order valence-corrected chi connectivity index (χ3v) is 6.17. The van der Waals surface area contributed by atoms with Gasteiger partial charge in [0.25, 0.3) is 11.1 Å². The van der Waals surface area contributed by atoms with Crippen molar-refractivity contribution in [1.82, 2.24) is 4.90 Å². The minimum atomic E-state index is -0.301. The number of amides is 2. The second kappa shape index (κ2) is 8.46. The van der Waals surface area contributed by atoms with Gasteiger partial charge in [0.2, 0.25) is 0 Å². The molecule has 2 aromatic rings. The van der Waals surface area contributed by atoms with Crippen molar-refractivity contribution in [2.24, 2.45) is 0 Å². The number of hydrogen-bond acceptors (Lipinski definition) is 5. The maximum Gasteiger partial charge on any atom is 0.293 e. The molecule has 0 bridgehead atoms. The van der Waals surface area contributed by atoms with Crippen LogP contribution in [0.2, 0.25) is 0 Å². The van der Waals surface area contributed by atoms with Crippen LogP contribution in [0, 0.1) is 14.9 Å². The quantitative estimate of drug-likeness (QED) is 0.385. The van der Waals surface area contributed by atoms with Crippen LogP contribution in [0.1, 0.15) is 16.7 Å². The van der Waals surface area contributed by atoms with Crippen molar-refractivity contribution in [2.45, 2.75) is 6.61 Å². The predicted molar refractivity (Wildman–Crippen MR) is 116 cm³/mol. The van der Waals surface area contributed by atoms with E-state index in [0.717, 1.165) is 35.8 Å². The van der Waals surface area contributed by atoms with Crippen LogP contribution in [0.3, 0.4) is 0 Å². The third-order valence-electron chi connectivity index (χ3n) is 3.81. The molecule has 1 fully saturated rings. The molecule has 0 spiro atoms. The summed E-state index contributed by atoms with van der Waals surface area (Å²) in [7, 11) is 1.47. The van der Waals surface area contributed by atoms with E-state index in [1.807, 2.05) is 30.3 Å². The molecule has 0 aliphatic carbocycles. The largest absolute Gasteiger partial charge is 0.487 e. The summed E-state index contributed by atoms with van der Waals surface area (Å²) in [6.07, 6.45) is 1.69. The van der Waals surface area contributed by atoms with Crippen molar-refractivity contribution in [2.75, 3.05) is 7.05 Å². The molecular weight excluding hydrogens is 543 g/mol. The Morgan fingerprint density at radius 3 is 2.70 bits per heavy atom. The van der Waals surface area contributed by atoms with Gasteiger partial charge >= 0.3 is 0 Å². The van der Waals surface area contributed by atoms with Gasteiger partial charge in [0.1, 0.15) is 12.4 Å². The molecule has 1 heterocycles. The van der Waals surface area contributed by atoms with E-state index in [4.69, 9.17) is 4.74 Å². The molecule has 0 aromatic heterocycles. The monoisotopic (exact) mass is 554 g/mol. The Morgan fingerprint density at radius 2 is 2.07 bits per heavy atom. The lowest BCUT2D eigenvalue weighted by molar-refractivity contribution is -0.121. The number of rotatable bonds is 4. The molecule has 0 radical (unpaired) electrons. The molecule has 2 amide bonds. The van der Waals surface area contributed by atoms with E-state index in [1.54, 1.807) is 12.1 Å². The van der Waals surface area contributed by atoms with Crippen molar-refractivity contribution in [3.05, 3.63) is 66.0 Å². The van der Waals surface area contributed by atoms with Gasteiger partial charge in [0.15, 0.2) is 0 Å². The van der Waals surface area contributed by atoms with Gasteiger partial charge in [0.05, 0.1) is 24.6 Å². The average Bonchev–Trinajstić information content (AvgIpc) is 2.88. The molecule has 5 nitrogen and oxygen atoms in total. The second-order valence-corrected chi connectivity index (χ2v) is 8.62. The Kier molecular flexibility index (Phi) is 6.24. The number of halogens is 2. The van der Waals surface area contributed by atoms with Crippen molar-refractivity contribution in [3.8, 4) is 11.8 Å². The van der Waals surface area contributed by atoms with Crippen LogP contribution in [0.5, 0.6) is 5.75 Å². The lowest BCUT2D eigenvalue weighted by atomic mass is 10.1. The summed E-state index contributed by atoms with van der Waals surface area (Å²) in [6.45, 7) is 0.270. The SMILES string of the molecule is CN1C(=O)S/C(=C\c2cc(Br)c(OCc3ccccc3C#N)c(I)c2)C1=O. The maximum atomic E-state index is 12.0. The first-order valence-corrected chi connectivity index (χ1v) is 10.4. The fourth-order valence-corrected chi connectivity index (χ4v) is 5.00. The smallest absolute Gasteiger partial charge is 0.293 e. The summed E-state index contributed by atoms with van der Waals surface area (Å²) in [5.41, 5.74) is 2.17. The highest BCUT2D eigenvalue weighted by Gasteiger charge is 2.31. The van der Waals surface area contributed by atoms with Gasteiger partial charge in [-0.2, -0.15) is 5.26 Å². The summed E-state index contributed by atoms with van der Waals surface area (Å²) in [5, 5.41) is 8.89. The van der Waals surface area contributed by atoms with E-state index in [9.17, 15) is 14.9 Å². The van der Waals surface area contributed by atoms with Gasteiger partial charge in [-0.3, -0.25) is 14.5 Å². The zero-order valence-electron chi connectivity index (χ0n) is 14.0. The number of carbonyl (C=O) groups is 2. The number of likely N-dealkylation sites (N-methyl/N-ethyl adjacent to an activating group) is 1. The Labute approximate surface area is 182 Å². The zero-order valence-corrected chi connectivity index (χ0v) is 18.6. The molecule has 0 N–H and O–H groups in total. The Morgan fingerprint density at radius 1 is 1.33 bits per heavy atom. The fraction of sp³-hybridized carbons (Fsp3) is 0.105. The number of thioether (sulfide) groups is 1. The van der Waals surface area contributed by atoms with E-state index in [0.29, 0.717) is 16.2 Å².